The summed E-state index contributed by atoms with van der Waals surface area (Å²) in [4.78, 5) is 17.5. The Balaban J connectivity index is 1.54. The molecule has 156 valence electrons. The zero-order valence-electron chi connectivity index (χ0n) is 16.4. The van der Waals surface area contributed by atoms with Gasteiger partial charge >= 0.3 is 0 Å². The first kappa shape index (κ1) is 21.4. The fourth-order valence-corrected chi connectivity index (χ4v) is 3.79. The van der Waals surface area contributed by atoms with Crippen molar-refractivity contribution in [1.82, 2.24) is 9.80 Å². The maximum Gasteiger partial charge on any atom is 0.288 e. The van der Waals surface area contributed by atoms with E-state index in [9.17, 15) is 13.6 Å². The summed E-state index contributed by atoms with van der Waals surface area (Å²) >= 11 is 0.552. The number of alkyl halides is 2. The summed E-state index contributed by atoms with van der Waals surface area (Å²) in [7, 11) is 3.10. The van der Waals surface area contributed by atoms with Gasteiger partial charge in [-0.3, -0.25) is 9.69 Å². The van der Waals surface area contributed by atoms with Crippen LogP contribution >= 0.6 is 11.8 Å². The molecule has 1 saturated heterocycles. The smallest absolute Gasteiger partial charge is 0.288 e. The van der Waals surface area contributed by atoms with Crippen molar-refractivity contribution in [3.8, 4) is 11.5 Å². The quantitative estimate of drug-likeness (QED) is 0.632. The number of benzene rings is 2. The first-order chi connectivity index (χ1) is 14.0. The van der Waals surface area contributed by atoms with Gasteiger partial charge in [-0.05, 0) is 35.9 Å². The van der Waals surface area contributed by atoms with Crippen molar-refractivity contribution in [1.29, 1.82) is 0 Å². The number of hydrogen-bond donors (Lipinski definition) is 0. The van der Waals surface area contributed by atoms with E-state index in [1.165, 1.54) is 0 Å². The Bertz CT molecular complexity index is 825. The number of hydrogen-bond acceptors (Lipinski definition) is 5. The minimum Gasteiger partial charge on any atom is -0.493 e. The maximum atomic E-state index is 12.8. The van der Waals surface area contributed by atoms with Crippen molar-refractivity contribution < 1.29 is 23.0 Å². The molecule has 1 heterocycles. The summed E-state index contributed by atoms with van der Waals surface area (Å²) in [6, 6.07) is 12.4. The Hall–Kier alpha value is -2.32. The van der Waals surface area contributed by atoms with Crippen LogP contribution in [0.2, 0.25) is 0 Å². The molecule has 0 atom stereocenters. The van der Waals surface area contributed by atoms with Crippen LogP contribution < -0.4 is 9.47 Å². The zero-order valence-corrected chi connectivity index (χ0v) is 17.3. The summed E-state index contributed by atoms with van der Waals surface area (Å²) in [5.41, 5.74) is 1.64. The molecule has 1 amide bonds. The Morgan fingerprint density at radius 3 is 2.24 bits per heavy atom. The van der Waals surface area contributed by atoms with E-state index in [0.717, 1.165) is 25.2 Å². The van der Waals surface area contributed by atoms with Gasteiger partial charge in [0.15, 0.2) is 11.5 Å². The van der Waals surface area contributed by atoms with E-state index >= 15 is 0 Å². The van der Waals surface area contributed by atoms with Crippen LogP contribution in [0.1, 0.15) is 15.9 Å². The second kappa shape index (κ2) is 9.93. The standard InChI is InChI=1S/C21H24F2N2O3S/c1-27-18-8-5-16(13-19(18)28-2)20(26)25-11-9-24(10-12-25)14-15-3-6-17(7-4-15)29-21(22)23/h3-8,13,21H,9-12,14H2,1-2H3. The van der Waals surface area contributed by atoms with E-state index in [2.05, 4.69) is 4.90 Å². The second-order valence-corrected chi connectivity index (χ2v) is 7.72. The molecule has 1 aliphatic heterocycles. The SMILES string of the molecule is COc1ccc(C(=O)N2CCN(Cc3ccc(SC(F)F)cc3)CC2)cc1OC. The molecule has 0 radical (unpaired) electrons. The molecular formula is C21H24F2N2O3S. The Labute approximate surface area is 173 Å². The van der Waals surface area contributed by atoms with Crippen LogP contribution in [0.25, 0.3) is 0 Å². The minimum atomic E-state index is -2.41. The van der Waals surface area contributed by atoms with Crippen LogP contribution in [0.4, 0.5) is 8.78 Å². The molecule has 8 heteroatoms. The molecule has 5 nitrogen and oxygen atoms in total. The van der Waals surface area contributed by atoms with Gasteiger partial charge in [0.2, 0.25) is 0 Å². The molecule has 2 aromatic rings. The molecule has 0 spiro atoms. The first-order valence-electron chi connectivity index (χ1n) is 9.27. The lowest BCUT2D eigenvalue weighted by molar-refractivity contribution is 0.0628. The predicted molar refractivity (Wildman–Crippen MR) is 109 cm³/mol. The van der Waals surface area contributed by atoms with Crippen molar-refractivity contribution >= 4 is 17.7 Å². The summed E-state index contributed by atoms with van der Waals surface area (Å²) < 4.78 is 35.3. The molecule has 1 fully saturated rings. The number of nitrogens with zero attached hydrogens (tertiary/aromatic N) is 2. The highest BCUT2D eigenvalue weighted by Crippen LogP contribution is 2.28. The first-order valence-corrected chi connectivity index (χ1v) is 10.2. The van der Waals surface area contributed by atoms with Crippen LogP contribution in [0.3, 0.4) is 0 Å². The summed E-state index contributed by atoms with van der Waals surface area (Å²) in [6.07, 6.45) is 0. The molecule has 3 rings (SSSR count). The second-order valence-electron chi connectivity index (χ2n) is 6.66. The number of halogens is 2. The molecule has 2 aromatic carbocycles. The van der Waals surface area contributed by atoms with Gasteiger partial charge in [-0.2, -0.15) is 8.78 Å². The molecule has 0 saturated carbocycles. The third-order valence-electron chi connectivity index (χ3n) is 4.84. The molecular weight excluding hydrogens is 398 g/mol. The molecule has 0 N–H and O–H groups in total. The lowest BCUT2D eigenvalue weighted by atomic mass is 10.1. The fraction of sp³-hybridized carbons (Fsp3) is 0.381. The summed E-state index contributed by atoms with van der Waals surface area (Å²) in [5, 5.41) is 0. The van der Waals surface area contributed by atoms with Gasteiger partial charge in [0, 0.05) is 43.2 Å². The number of ether oxygens (including phenoxy) is 2. The molecule has 29 heavy (non-hydrogen) atoms. The van der Waals surface area contributed by atoms with E-state index in [1.54, 1.807) is 44.6 Å². The normalized spacial score (nSPS) is 14.9. The van der Waals surface area contributed by atoms with Gasteiger partial charge in [-0.15, -0.1) is 0 Å². The topological polar surface area (TPSA) is 42.0 Å². The summed E-state index contributed by atoms with van der Waals surface area (Å²) in [5.74, 6) is -1.31. The van der Waals surface area contributed by atoms with Gasteiger partial charge in [0.25, 0.3) is 11.7 Å². The largest absolute Gasteiger partial charge is 0.493 e. The average Bonchev–Trinajstić information content (AvgIpc) is 2.74. The number of amides is 1. The van der Waals surface area contributed by atoms with Crippen molar-refractivity contribution in [3.05, 3.63) is 53.6 Å². The lowest BCUT2D eigenvalue weighted by Crippen LogP contribution is -2.48. The zero-order chi connectivity index (χ0) is 20.8. The number of rotatable bonds is 7. The van der Waals surface area contributed by atoms with Gasteiger partial charge in [0.05, 0.1) is 14.2 Å². The molecule has 0 bridgehead atoms. The molecule has 1 aliphatic rings. The number of methoxy groups -OCH3 is 2. The third-order valence-corrected chi connectivity index (χ3v) is 5.57. The number of carbonyl (C=O) groups is 1. The Kier molecular flexibility index (Phi) is 7.33. The minimum absolute atomic E-state index is 0.0287. The lowest BCUT2D eigenvalue weighted by Gasteiger charge is -2.35. The van der Waals surface area contributed by atoms with Crippen molar-refractivity contribution in [2.24, 2.45) is 0 Å². The van der Waals surface area contributed by atoms with E-state index in [-0.39, 0.29) is 5.91 Å². The fourth-order valence-electron chi connectivity index (χ4n) is 3.30. The van der Waals surface area contributed by atoms with Crippen LogP contribution in [0, 0.1) is 0 Å². The molecule has 0 aromatic heterocycles. The Morgan fingerprint density at radius 1 is 1.00 bits per heavy atom. The van der Waals surface area contributed by atoms with Crippen LogP contribution in [-0.2, 0) is 6.54 Å². The maximum absolute atomic E-state index is 12.8. The third kappa shape index (κ3) is 5.61. The highest BCUT2D eigenvalue weighted by atomic mass is 32.2. The van der Waals surface area contributed by atoms with E-state index < -0.39 is 5.76 Å². The highest BCUT2D eigenvalue weighted by molar-refractivity contribution is 7.99. The summed E-state index contributed by atoms with van der Waals surface area (Å²) in [6.45, 7) is 3.51. The predicted octanol–water partition coefficient (Wildman–Crippen LogP) is 3.98. The van der Waals surface area contributed by atoms with Crippen molar-refractivity contribution in [2.75, 3.05) is 40.4 Å². The number of carbonyl (C=O) groups excluding carboxylic acids is 1. The highest BCUT2D eigenvalue weighted by Gasteiger charge is 2.23. The van der Waals surface area contributed by atoms with Gasteiger partial charge in [-0.1, -0.05) is 23.9 Å². The molecule has 0 aliphatic carbocycles. The van der Waals surface area contributed by atoms with E-state index in [1.807, 2.05) is 17.0 Å². The van der Waals surface area contributed by atoms with Crippen LogP contribution in [0.15, 0.2) is 47.4 Å². The van der Waals surface area contributed by atoms with Gasteiger partial charge < -0.3 is 14.4 Å². The van der Waals surface area contributed by atoms with Crippen molar-refractivity contribution in [3.63, 3.8) is 0 Å². The van der Waals surface area contributed by atoms with Crippen LogP contribution in [-0.4, -0.2) is 61.9 Å². The Morgan fingerprint density at radius 2 is 1.66 bits per heavy atom. The van der Waals surface area contributed by atoms with Crippen molar-refractivity contribution in [2.45, 2.75) is 17.2 Å². The average molecular weight is 422 g/mol. The van der Waals surface area contributed by atoms with Gasteiger partial charge in [-0.25, -0.2) is 0 Å². The monoisotopic (exact) mass is 422 g/mol. The number of thioether (sulfide) groups is 1. The molecule has 0 unspecified atom stereocenters. The van der Waals surface area contributed by atoms with E-state index in [0.29, 0.717) is 46.8 Å². The van der Waals surface area contributed by atoms with Gasteiger partial charge in [0.1, 0.15) is 0 Å². The number of piperazine rings is 1. The van der Waals surface area contributed by atoms with E-state index in [4.69, 9.17) is 9.47 Å². The van der Waals surface area contributed by atoms with Crippen LogP contribution in [0.5, 0.6) is 11.5 Å².